The van der Waals surface area contributed by atoms with Crippen molar-refractivity contribution in [1.82, 2.24) is 0 Å². The summed E-state index contributed by atoms with van der Waals surface area (Å²) in [5.41, 5.74) is 0. The van der Waals surface area contributed by atoms with Crippen LogP contribution in [0.5, 0.6) is 0 Å². The molecule has 0 aliphatic carbocycles. The first kappa shape index (κ1) is 46.4. The third-order valence-electron chi connectivity index (χ3n) is 9.03. The van der Waals surface area contributed by atoms with E-state index in [2.05, 4.69) is 50.3 Å². The van der Waals surface area contributed by atoms with Gasteiger partial charge in [0, 0.05) is 13.0 Å². The minimum Gasteiger partial charge on any atom is -0.457 e. The molecule has 0 radical (unpaired) electrons. The number of carbonyl (C=O) groups is 1. The average molecular weight is 711 g/mol. The van der Waals surface area contributed by atoms with Crippen LogP contribution < -0.4 is 0 Å². The minimum atomic E-state index is -1.54. The Bertz CT molecular complexity index is 859. The van der Waals surface area contributed by atoms with Crippen LogP contribution in [0.2, 0.25) is 0 Å². The third-order valence-corrected chi connectivity index (χ3v) is 9.03. The molecule has 1 rings (SSSR count). The van der Waals surface area contributed by atoms with Crippen molar-refractivity contribution in [2.24, 2.45) is 0 Å². The zero-order chi connectivity index (χ0) is 36.5. The molecule has 50 heavy (non-hydrogen) atoms. The zero-order valence-corrected chi connectivity index (χ0v) is 31.6. The quantitative estimate of drug-likeness (QED) is 0.0303. The normalized spacial score (nSPS) is 21.9. The van der Waals surface area contributed by atoms with Gasteiger partial charge in [0.2, 0.25) is 0 Å². The van der Waals surface area contributed by atoms with E-state index in [-0.39, 0.29) is 19.2 Å². The number of rotatable bonds is 33. The van der Waals surface area contributed by atoms with E-state index in [1.165, 1.54) is 70.6 Å². The van der Waals surface area contributed by atoms with E-state index >= 15 is 0 Å². The SMILES string of the molecule is CCCC/C=C\C/C=C\CCCCCCCCOCC(COC1OC(CO)C(O)C(O)C1O)OC(=O)CCCCCCC/C=C\CCCCC. The monoisotopic (exact) mass is 711 g/mol. The van der Waals surface area contributed by atoms with Gasteiger partial charge in [0.15, 0.2) is 6.29 Å². The average Bonchev–Trinajstić information content (AvgIpc) is 3.11. The Balaban J connectivity index is 2.33. The van der Waals surface area contributed by atoms with Crippen LogP contribution in [0.15, 0.2) is 36.5 Å². The van der Waals surface area contributed by atoms with E-state index in [4.69, 9.17) is 18.9 Å². The molecule has 1 heterocycles. The molecular weight excluding hydrogens is 636 g/mol. The first-order chi connectivity index (χ1) is 24.4. The Morgan fingerprint density at radius 2 is 1.18 bits per heavy atom. The van der Waals surface area contributed by atoms with Crippen molar-refractivity contribution in [3.8, 4) is 0 Å². The van der Waals surface area contributed by atoms with Crippen LogP contribution in [0.25, 0.3) is 0 Å². The van der Waals surface area contributed by atoms with E-state index < -0.39 is 43.4 Å². The number of allylic oxidation sites excluding steroid dienone is 6. The Hall–Kier alpha value is -1.59. The van der Waals surface area contributed by atoms with Crippen LogP contribution in [0.1, 0.15) is 155 Å². The van der Waals surface area contributed by atoms with Gasteiger partial charge in [0.1, 0.15) is 30.5 Å². The maximum atomic E-state index is 12.7. The van der Waals surface area contributed by atoms with Crippen molar-refractivity contribution in [2.45, 2.75) is 192 Å². The van der Waals surface area contributed by atoms with Crippen molar-refractivity contribution in [1.29, 1.82) is 0 Å². The number of esters is 1. The lowest BCUT2D eigenvalue weighted by Crippen LogP contribution is -2.59. The molecule has 1 saturated heterocycles. The van der Waals surface area contributed by atoms with Crippen molar-refractivity contribution in [2.75, 3.05) is 26.4 Å². The number of aliphatic hydroxyl groups excluding tert-OH is 4. The smallest absolute Gasteiger partial charge is 0.306 e. The molecule has 1 fully saturated rings. The second-order valence-electron chi connectivity index (χ2n) is 13.7. The molecule has 9 heteroatoms. The third kappa shape index (κ3) is 24.6. The van der Waals surface area contributed by atoms with Gasteiger partial charge in [-0.1, -0.05) is 121 Å². The molecule has 0 aromatic rings. The molecule has 1 aliphatic rings. The largest absolute Gasteiger partial charge is 0.457 e. The highest BCUT2D eigenvalue weighted by molar-refractivity contribution is 5.69. The van der Waals surface area contributed by atoms with Gasteiger partial charge in [-0.3, -0.25) is 4.79 Å². The summed E-state index contributed by atoms with van der Waals surface area (Å²) >= 11 is 0. The summed E-state index contributed by atoms with van der Waals surface area (Å²) in [5.74, 6) is -0.329. The lowest BCUT2D eigenvalue weighted by molar-refractivity contribution is -0.305. The van der Waals surface area contributed by atoms with Crippen molar-refractivity contribution in [3.63, 3.8) is 0 Å². The molecule has 0 aromatic heterocycles. The van der Waals surface area contributed by atoms with Gasteiger partial charge >= 0.3 is 5.97 Å². The lowest BCUT2D eigenvalue weighted by Gasteiger charge is -2.39. The number of carbonyl (C=O) groups excluding carboxylic acids is 1. The number of aliphatic hydroxyl groups is 4. The van der Waals surface area contributed by atoms with Crippen LogP contribution in [0.4, 0.5) is 0 Å². The number of hydrogen-bond donors (Lipinski definition) is 4. The fourth-order valence-electron chi connectivity index (χ4n) is 5.79. The van der Waals surface area contributed by atoms with Crippen LogP contribution in [-0.4, -0.2) is 89.6 Å². The Kier molecular flexibility index (Phi) is 30.9. The summed E-state index contributed by atoms with van der Waals surface area (Å²) in [6, 6.07) is 0. The molecule has 1 aliphatic heterocycles. The molecule has 0 spiro atoms. The lowest BCUT2D eigenvalue weighted by atomic mass is 9.99. The predicted octanol–water partition coefficient (Wildman–Crippen LogP) is 8.02. The maximum absolute atomic E-state index is 12.7. The first-order valence-electron chi connectivity index (χ1n) is 20.1. The van der Waals surface area contributed by atoms with Crippen molar-refractivity contribution >= 4 is 5.97 Å². The summed E-state index contributed by atoms with van der Waals surface area (Å²) < 4.78 is 22.7. The highest BCUT2D eigenvalue weighted by Gasteiger charge is 2.44. The van der Waals surface area contributed by atoms with Crippen LogP contribution in [0, 0.1) is 0 Å². The van der Waals surface area contributed by atoms with Gasteiger partial charge in [-0.25, -0.2) is 0 Å². The van der Waals surface area contributed by atoms with Crippen molar-refractivity contribution < 1.29 is 44.2 Å². The topological polar surface area (TPSA) is 135 Å². The zero-order valence-electron chi connectivity index (χ0n) is 31.6. The molecule has 292 valence electrons. The van der Waals surface area contributed by atoms with Gasteiger partial charge in [-0.05, 0) is 64.2 Å². The second kappa shape index (κ2) is 33.3. The summed E-state index contributed by atoms with van der Waals surface area (Å²) in [6.45, 7) is 4.45. The Labute approximate surface area is 304 Å². The van der Waals surface area contributed by atoms with E-state index in [0.717, 1.165) is 64.2 Å². The molecule has 0 bridgehead atoms. The fourth-order valence-corrected chi connectivity index (χ4v) is 5.79. The van der Waals surface area contributed by atoms with Crippen LogP contribution >= 0.6 is 0 Å². The standard InChI is InChI=1S/C41H74O9/c1-3-5-7-9-11-13-15-17-18-19-21-23-25-27-29-31-47-33-35(34-48-41-40(46)39(45)38(44)36(32-42)50-41)49-37(43)30-28-26-24-22-20-16-14-12-10-8-6-4-2/h9,11-12,14-15,17,35-36,38-42,44-46H,3-8,10,13,16,18-34H2,1-2H3/b11-9-,14-12-,17-15-. The molecule has 9 nitrogen and oxygen atoms in total. The Morgan fingerprint density at radius 1 is 0.640 bits per heavy atom. The van der Waals surface area contributed by atoms with Gasteiger partial charge in [0.25, 0.3) is 0 Å². The first-order valence-corrected chi connectivity index (χ1v) is 20.1. The van der Waals surface area contributed by atoms with Gasteiger partial charge in [-0.15, -0.1) is 0 Å². The van der Waals surface area contributed by atoms with Gasteiger partial charge < -0.3 is 39.4 Å². The molecule has 6 unspecified atom stereocenters. The molecule has 0 saturated carbocycles. The number of ether oxygens (including phenoxy) is 4. The van der Waals surface area contributed by atoms with Crippen LogP contribution in [0.3, 0.4) is 0 Å². The summed E-state index contributed by atoms with van der Waals surface area (Å²) in [6.07, 6.45) is 30.2. The van der Waals surface area contributed by atoms with E-state index in [1.54, 1.807) is 0 Å². The van der Waals surface area contributed by atoms with E-state index in [9.17, 15) is 25.2 Å². The summed E-state index contributed by atoms with van der Waals surface area (Å²) in [5, 5.41) is 40.0. The highest BCUT2D eigenvalue weighted by atomic mass is 16.7. The summed E-state index contributed by atoms with van der Waals surface area (Å²) in [7, 11) is 0. The maximum Gasteiger partial charge on any atom is 0.306 e. The molecular formula is C41H74O9. The Morgan fingerprint density at radius 3 is 1.80 bits per heavy atom. The van der Waals surface area contributed by atoms with Crippen molar-refractivity contribution in [3.05, 3.63) is 36.5 Å². The molecule has 0 amide bonds. The molecule has 0 aromatic carbocycles. The van der Waals surface area contributed by atoms with Crippen LogP contribution in [-0.2, 0) is 23.7 Å². The number of hydrogen-bond acceptors (Lipinski definition) is 9. The van der Waals surface area contributed by atoms with Gasteiger partial charge in [0.05, 0.1) is 19.8 Å². The van der Waals surface area contributed by atoms with E-state index in [0.29, 0.717) is 13.0 Å². The minimum absolute atomic E-state index is 0.121. The van der Waals surface area contributed by atoms with E-state index in [1.807, 2.05) is 0 Å². The highest BCUT2D eigenvalue weighted by Crippen LogP contribution is 2.22. The molecule has 4 N–H and O–H groups in total. The summed E-state index contributed by atoms with van der Waals surface area (Å²) in [4.78, 5) is 12.7. The fraction of sp³-hybridized carbons (Fsp3) is 0.829. The van der Waals surface area contributed by atoms with Gasteiger partial charge in [-0.2, -0.15) is 0 Å². The second-order valence-corrected chi connectivity index (χ2v) is 13.7. The predicted molar refractivity (Wildman–Crippen MR) is 201 cm³/mol. The molecule has 6 atom stereocenters. The number of unbranched alkanes of at least 4 members (excludes halogenated alkanes) is 16.